The molecule has 1 aliphatic rings. The molecule has 0 atom stereocenters. The van der Waals surface area contributed by atoms with E-state index < -0.39 is 0 Å². The van der Waals surface area contributed by atoms with E-state index in [1.54, 1.807) is 0 Å². The van der Waals surface area contributed by atoms with Crippen LogP contribution in [0.15, 0.2) is 18.2 Å². The highest BCUT2D eigenvalue weighted by Crippen LogP contribution is 2.28. The number of anilines is 1. The van der Waals surface area contributed by atoms with Gasteiger partial charge in [0.05, 0.1) is 11.3 Å². The first-order valence-corrected chi connectivity index (χ1v) is 8.27. The molecule has 21 heavy (non-hydrogen) atoms. The van der Waals surface area contributed by atoms with E-state index in [0.717, 1.165) is 43.3 Å². The predicted octanol–water partition coefficient (Wildman–Crippen LogP) is 3.68. The molecule has 3 heteroatoms. The molecule has 2 rings (SSSR count). The molecular weight excluding hydrogens is 258 g/mol. The fourth-order valence-corrected chi connectivity index (χ4v) is 3.20. The van der Waals surface area contributed by atoms with Gasteiger partial charge in [0.1, 0.15) is 6.07 Å². The molecule has 0 unspecified atom stereocenters. The maximum Gasteiger partial charge on any atom is 0.101 e. The monoisotopic (exact) mass is 285 g/mol. The van der Waals surface area contributed by atoms with Crippen molar-refractivity contribution in [1.29, 1.82) is 5.26 Å². The minimum atomic E-state index is 0.819. The molecule has 0 amide bonds. The summed E-state index contributed by atoms with van der Waals surface area (Å²) < 4.78 is 0. The van der Waals surface area contributed by atoms with E-state index in [4.69, 9.17) is 0 Å². The van der Waals surface area contributed by atoms with E-state index in [-0.39, 0.29) is 0 Å². The van der Waals surface area contributed by atoms with E-state index in [0.29, 0.717) is 0 Å². The van der Waals surface area contributed by atoms with Gasteiger partial charge in [0.15, 0.2) is 0 Å². The molecule has 1 fully saturated rings. The number of nitriles is 1. The molecule has 3 nitrogen and oxygen atoms in total. The molecule has 0 radical (unpaired) electrons. The van der Waals surface area contributed by atoms with Gasteiger partial charge < -0.3 is 10.2 Å². The first-order valence-electron chi connectivity index (χ1n) is 8.27. The van der Waals surface area contributed by atoms with Crippen molar-refractivity contribution in [1.82, 2.24) is 5.32 Å². The molecule has 0 saturated carbocycles. The van der Waals surface area contributed by atoms with Crippen LogP contribution in [0.3, 0.4) is 0 Å². The molecule has 0 aromatic heterocycles. The summed E-state index contributed by atoms with van der Waals surface area (Å²) in [5, 5.41) is 12.7. The average molecular weight is 285 g/mol. The van der Waals surface area contributed by atoms with Crippen LogP contribution >= 0.6 is 0 Å². The molecule has 1 heterocycles. The summed E-state index contributed by atoms with van der Waals surface area (Å²) in [4.78, 5) is 2.39. The van der Waals surface area contributed by atoms with Gasteiger partial charge in [-0.1, -0.05) is 32.8 Å². The Kier molecular flexibility index (Phi) is 6.07. The summed E-state index contributed by atoms with van der Waals surface area (Å²) in [6.45, 7) is 8.33. The number of hydrogen-bond donors (Lipinski definition) is 1. The number of nitrogens with zero attached hydrogens (tertiary/aromatic N) is 2. The highest BCUT2D eigenvalue weighted by atomic mass is 15.1. The van der Waals surface area contributed by atoms with Gasteiger partial charge in [-0.25, -0.2) is 0 Å². The molecule has 114 valence electrons. The van der Waals surface area contributed by atoms with Crippen molar-refractivity contribution in [3.8, 4) is 6.07 Å². The molecule has 1 aliphatic heterocycles. The standard InChI is InChI=1S/C18H27N3/c1-3-5-15-8-10-21(11-9-15)18-7-6-16(14-20-4-2)12-17(18)13-19/h6-7,12,15,20H,3-5,8-11,14H2,1-2H3. The van der Waals surface area contributed by atoms with Gasteiger partial charge in [0.2, 0.25) is 0 Å². The number of piperidine rings is 1. The quantitative estimate of drug-likeness (QED) is 0.866. The highest BCUT2D eigenvalue weighted by Gasteiger charge is 2.20. The van der Waals surface area contributed by atoms with Crippen molar-refractivity contribution < 1.29 is 0 Å². The predicted molar refractivity (Wildman–Crippen MR) is 88.4 cm³/mol. The molecular formula is C18H27N3. The second kappa shape index (κ2) is 8.05. The van der Waals surface area contributed by atoms with Gasteiger partial charge in [-0.05, 0) is 43.0 Å². The van der Waals surface area contributed by atoms with Crippen LogP contribution in [0, 0.1) is 17.2 Å². The largest absolute Gasteiger partial charge is 0.370 e. The number of hydrogen-bond acceptors (Lipinski definition) is 3. The summed E-state index contributed by atoms with van der Waals surface area (Å²) in [6.07, 6.45) is 5.16. The van der Waals surface area contributed by atoms with Crippen molar-refractivity contribution >= 4 is 5.69 Å². The van der Waals surface area contributed by atoms with Crippen LogP contribution in [0.25, 0.3) is 0 Å². The van der Waals surface area contributed by atoms with E-state index in [2.05, 4.69) is 42.3 Å². The minimum Gasteiger partial charge on any atom is -0.370 e. The van der Waals surface area contributed by atoms with Crippen LogP contribution in [-0.2, 0) is 6.54 Å². The third-order valence-electron chi connectivity index (χ3n) is 4.41. The summed E-state index contributed by atoms with van der Waals surface area (Å²) in [5.41, 5.74) is 3.13. The zero-order chi connectivity index (χ0) is 15.1. The van der Waals surface area contributed by atoms with E-state index in [1.165, 1.54) is 31.2 Å². The molecule has 0 bridgehead atoms. The van der Waals surface area contributed by atoms with Crippen molar-refractivity contribution in [3.63, 3.8) is 0 Å². The van der Waals surface area contributed by atoms with Crippen LogP contribution < -0.4 is 10.2 Å². The lowest BCUT2D eigenvalue weighted by molar-refractivity contribution is 0.378. The summed E-state index contributed by atoms with van der Waals surface area (Å²) >= 11 is 0. The summed E-state index contributed by atoms with van der Waals surface area (Å²) in [6, 6.07) is 8.69. The van der Waals surface area contributed by atoms with Gasteiger partial charge in [-0.15, -0.1) is 0 Å². The smallest absolute Gasteiger partial charge is 0.101 e. The SMILES string of the molecule is CCCC1CCN(c2ccc(CNCC)cc2C#N)CC1. The number of rotatable bonds is 6. The van der Waals surface area contributed by atoms with Crippen molar-refractivity contribution in [2.45, 2.75) is 46.1 Å². The second-order valence-corrected chi connectivity index (χ2v) is 5.96. The Hall–Kier alpha value is -1.53. The Labute approximate surface area is 129 Å². The van der Waals surface area contributed by atoms with Gasteiger partial charge in [0, 0.05) is 19.6 Å². The maximum absolute atomic E-state index is 9.44. The summed E-state index contributed by atoms with van der Waals surface area (Å²) in [5.74, 6) is 0.879. The number of benzene rings is 1. The minimum absolute atomic E-state index is 0.819. The Balaban J connectivity index is 2.05. The Bertz CT molecular complexity index is 482. The third-order valence-corrected chi connectivity index (χ3v) is 4.41. The van der Waals surface area contributed by atoms with Gasteiger partial charge in [-0.2, -0.15) is 5.26 Å². The lowest BCUT2D eigenvalue weighted by atomic mass is 9.92. The van der Waals surface area contributed by atoms with Gasteiger partial charge in [-0.3, -0.25) is 0 Å². The third kappa shape index (κ3) is 4.22. The highest BCUT2D eigenvalue weighted by molar-refractivity contribution is 5.60. The Morgan fingerprint density at radius 1 is 1.29 bits per heavy atom. The van der Waals surface area contributed by atoms with E-state index in [9.17, 15) is 5.26 Å². The van der Waals surface area contributed by atoms with Gasteiger partial charge in [0.25, 0.3) is 0 Å². The normalized spacial score (nSPS) is 16.0. The summed E-state index contributed by atoms with van der Waals surface area (Å²) in [7, 11) is 0. The first-order chi connectivity index (χ1) is 10.3. The molecule has 1 aromatic carbocycles. The molecule has 0 aliphatic carbocycles. The van der Waals surface area contributed by atoms with Crippen molar-refractivity contribution in [2.75, 3.05) is 24.5 Å². The van der Waals surface area contributed by atoms with Crippen molar-refractivity contribution in [2.24, 2.45) is 5.92 Å². The zero-order valence-corrected chi connectivity index (χ0v) is 13.4. The van der Waals surface area contributed by atoms with E-state index in [1.807, 2.05) is 6.07 Å². The lowest BCUT2D eigenvalue weighted by Crippen LogP contribution is -2.34. The van der Waals surface area contributed by atoms with E-state index >= 15 is 0 Å². The number of nitrogens with one attached hydrogen (secondary N) is 1. The average Bonchev–Trinajstić information content (AvgIpc) is 2.54. The maximum atomic E-state index is 9.44. The van der Waals surface area contributed by atoms with Crippen LogP contribution in [0.2, 0.25) is 0 Å². The fourth-order valence-electron chi connectivity index (χ4n) is 3.20. The van der Waals surface area contributed by atoms with Crippen molar-refractivity contribution in [3.05, 3.63) is 29.3 Å². The van der Waals surface area contributed by atoms with Gasteiger partial charge >= 0.3 is 0 Å². The van der Waals surface area contributed by atoms with Crippen LogP contribution in [-0.4, -0.2) is 19.6 Å². The topological polar surface area (TPSA) is 39.1 Å². The Morgan fingerprint density at radius 2 is 2.05 bits per heavy atom. The molecule has 0 spiro atoms. The van der Waals surface area contributed by atoms with Crippen LogP contribution in [0.4, 0.5) is 5.69 Å². The fraction of sp³-hybridized carbons (Fsp3) is 0.611. The van der Waals surface area contributed by atoms with Crippen LogP contribution in [0.5, 0.6) is 0 Å². The molecule has 1 saturated heterocycles. The second-order valence-electron chi connectivity index (χ2n) is 5.96. The Morgan fingerprint density at radius 3 is 2.67 bits per heavy atom. The van der Waals surface area contributed by atoms with Crippen LogP contribution in [0.1, 0.15) is 50.7 Å². The first kappa shape index (κ1) is 15.9. The molecule has 1 N–H and O–H groups in total. The molecule has 1 aromatic rings. The zero-order valence-electron chi connectivity index (χ0n) is 13.4. The lowest BCUT2D eigenvalue weighted by Gasteiger charge is -2.34.